The van der Waals surface area contributed by atoms with Crippen molar-refractivity contribution in [3.8, 4) is 5.75 Å². The first-order valence-electron chi connectivity index (χ1n) is 5.12. The van der Waals surface area contributed by atoms with Crippen LogP contribution in [0.2, 0.25) is 0 Å². The summed E-state index contributed by atoms with van der Waals surface area (Å²) in [6.07, 6.45) is 0.293. The Hall–Kier alpha value is -1.06. The number of benzene rings is 1. The highest BCUT2D eigenvalue weighted by Crippen LogP contribution is 2.22. The Morgan fingerprint density at radius 3 is 2.93 bits per heavy atom. The summed E-state index contributed by atoms with van der Waals surface area (Å²) >= 11 is 0. The maximum Gasteiger partial charge on any atom is 0.125 e. The van der Waals surface area contributed by atoms with Crippen molar-refractivity contribution in [3.05, 3.63) is 29.3 Å². The number of aryl methyl sites for hydroxylation is 1. The molecular weight excluding hydrogens is 192 g/mol. The lowest BCUT2D eigenvalue weighted by molar-refractivity contribution is 0.178. The Labute approximate surface area is 90.0 Å². The van der Waals surface area contributed by atoms with E-state index in [9.17, 15) is 0 Å². The van der Waals surface area contributed by atoms with Crippen molar-refractivity contribution in [1.29, 1.82) is 0 Å². The standard InChI is InChI=1S/C12H16O3/c1-9-3-4-10(6-13-2)12(5-9)15-8-11-7-14-11/h3-5,11H,6-8H2,1-2H3/t11-/m0/s1. The highest BCUT2D eigenvalue weighted by atomic mass is 16.6. The lowest BCUT2D eigenvalue weighted by Gasteiger charge is -2.10. The molecule has 0 amide bonds. The molecule has 1 aliphatic heterocycles. The molecule has 0 aromatic heterocycles. The molecule has 1 fully saturated rings. The Morgan fingerprint density at radius 2 is 2.27 bits per heavy atom. The van der Waals surface area contributed by atoms with Crippen molar-refractivity contribution in [3.63, 3.8) is 0 Å². The molecule has 0 N–H and O–H groups in total. The smallest absolute Gasteiger partial charge is 0.125 e. The van der Waals surface area contributed by atoms with Gasteiger partial charge in [-0.3, -0.25) is 0 Å². The zero-order valence-corrected chi connectivity index (χ0v) is 9.16. The van der Waals surface area contributed by atoms with Crippen LogP contribution in [0.3, 0.4) is 0 Å². The fourth-order valence-electron chi connectivity index (χ4n) is 1.42. The molecule has 0 unspecified atom stereocenters. The Kier molecular flexibility index (Phi) is 3.23. The predicted molar refractivity (Wildman–Crippen MR) is 57.1 cm³/mol. The third kappa shape index (κ3) is 2.94. The highest BCUT2D eigenvalue weighted by Gasteiger charge is 2.23. The average molecular weight is 208 g/mol. The molecule has 1 aromatic carbocycles. The molecule has 0 spiro atoms. The summed E-state index contributed by atoms with van der Waals surface area (Å²) < 4.78 is 15.9. The molecule has 3 nitrogen and oxygen atoms in total. The van der Waals surface area contributed by atoms with Crippen LogP contribution in [0.25, 0.3) is 0 Å². The van der Waals surface area contributed by atoms with E-state index in [1.54, 1.807) is 7.11 Å². The topological polar surface area (TPSA) is 31.0 Å². The number of hydrogen-bond donors (Lipinski definition) is 0. The molecule has 0 radical (unpaired) electrons. The van der Waals surface area contributed by atoms with E-state index < -0.39 is 0 Å². The molecule has 2 rings (SSSR count). The van der Waals surface area contributed by atoms with E-state index in [4.69, 9.17) is 14.2 Å². The van der Waals surface area contributed by atoms with Gasteiger partial charge in [-0.15, -0.1) is 0 Å². The van der Waals surface area contributed by atoms with Gasteiger partial charge in [0.25, 0.3) is 0 Å². The van der Waals surface area contributed by atoms with Crippen LogP contribution < -0.4 is 4.74 Å². The zero-order valence-electron chi connectivity index (χ0n) is 9.16. The minimum atomic E-state index is 0.293. The lowest BCUT2D eigenvalue weighted by atomic mass is 10.1. The quantitative estimate of drug-likeness (QED) is 0.693. The molecule has 0 bridgehead atoms. The summed E-state index contributed by atoms with van der Waals surface area (Å²) in [7, 11) is 1.69. The van der Waals surface area contributed by atoms with Gasteiger partial charge in [-0.2, -0.15) is 0 Å². The van der Waals surface area contributed by atoms with Crippen LogP contribution in [0.1, 0.15) is 11.1 Å². The van der Waals surface area contributed by atoms with E-state index >= 15 is 0 Å². The van der Waals surface area contributed by atoms with Gasteiger partial charge < -0.3 is 14.2 Å². The van der Waals surface area contributed by atoms with Crippen molar-refractivity contribution < 1.29 is 14.2 Å². The maximum absolute atomic E-state index is 5.69. The second-order valence-electron chi connectivity index (χ2n) is 3.81. The number of methoxy groups -OCH3 is 1. The SMILES string of the molecule is COCc1ccc(C)cc1OC[C@@H]1CO1. The minimum Gasteiger partial charge on any atom is -0.490 e. The van der Waals surface area contributed by atoms with Crippen LogP contribution in [-0.4, -0.2) is 26.4 Å². The van der Waals surface area contributed by atoms with Crippen LogP contribution in [0.15, 0.2) is 18.2 Å². The van der Waals surface area contributed by atoms with Gasteiger partial charge in [0, 0.05) is 12.7 Å². The molecule has 15 heavy (non-hydrogen) atoms. The Bertz CT molecular complexity index is 332. The molecule has 0 aliphatic carbocycles. The third-order valence-corrected chi connectivity index (χ3v) is 2.35. The van der Waals surface area contributed by atoms with Gasteiger partial charge in [-0.1, -0.05) is 12.1 Å². The fourth-order valence-corrected chi connectivity index (χ4v) is 1.42. The molecule has 3 heteroatoms. The monoisotopic (exact) mass is 208 g/mol. The summed E-state index contributed by atoms with van der Waals surface area (Å²) in [5, 5.41) is 0. The summed E-state index contributed by atoms with van der Waals surface area (Å²) in [5.41, 5.74) is 2.28. The predicted octanol–water partition coefficient (Wildman–Crippen LogP) is 1.92. The molecule has 0 saturated carbocycles. The number of ether oxygens (including phenoxy) is 3. The first-order chi connectivity index (χ1) is 7.29. The second-order valence-corrected chi connectivity index (χ2v) is 3.81. The van der Waals surface area contributed by atoms with Gasteiger partial charge in [0.15, 0.2) is 0 Å². The Balaban J connectivity index is 2.05. The van der Waals surface area contributed by atoms with Crippen LogP contribution in [0.5, 0.6) is 5.75 Å². The summed E-state index contributed by atoms with van der Waals surface area (Å²) in [6.45, 7) is 4.10. The van der Waals surface area contributed by atoms with Crippen molar-refractivity contribution in [2.45, 2.75) is 19.6 Å². The maximum atomic E-state index is 5.69. The van der Waals surface area contributed by atoms with Gasteiger partial charge in [-0.25, -0.2) is 0 Å². The van der Waals surface area contributed by atoms with E-state index in [1.807, 2.05) is 12.1 Å². The van der Waals surface area contributed by atoms with Gasteiger partial charge in [0.05, 0.1) is 13.2 Å². The van der Waals surface area contributed by atoms with Crippen LogP contribution in [0.4, 0.5) is 0 Å². The Morgan fingerprint density at radius 1 is 1.47 bits per heavy atom. The number of hydrogen-bond acceptors (Lipinski definition) is 3. The molecule has 1 saturated heterocycles. The lowest BCUT2D eigenvalue weighted by Crippen LogP contribution is -2.06. The second kappa shape index (κ2) is 4.64. The van der Waals surface area contributed by atoms with Crippen molar-refractivity contribution in [2.24, 2.45) is 0 Å². The van der Waals surface area contributed by atoms with Crippen LogP contribution in [-0.2, 0) is 16.1 Å². The highest BCUT2D eigenvalue weighted by molar-refractivity contribution is 5.36. The van der Waals surface area contributed by atoms with E-state index in [2.05, 4.69) is 13.0 Å². The summed E-state index contributed by atoms with van der Waals surface area (Å²) in [6, 6.07) is 6.15. The summed E-state index contributed by atoms with van der Waals surface area (Å²) in [4.78, 5) is 0. The number of epoxide rings is 1. The summed E-state index contributed by atoms with van der Waals surface area (Å²) in [5.74, 6) is 0.910. The third-order valence-electron chi connectivity index (χ3n) is 2.35. The van der Waals surface area contributed by atoms with Crippen molar-refractivity contribution in [2.75, 3.05) is 20.3 Å². The van der Waals surface area contributed by atoms with E-state index in [0.29, 0.717) is 19.3 Å². The van der Waals surface area contributed by atoms with Gasteiger partial charge in [0.1, 0.15) is 18.5 Å². The zero-order chi connectivity index (χ0) is 10.7. The molecule has 1 aliphatic rings. The molecule has 82 valence electrons. The molecule has 1 aromatic rings. The van der Waals surface area contributed by atoms with Crippen LogP contribution >= 0.6 is 0 Å². The van der Waals surface area contributed by atoms with Gasteiger partial charge in [-0.05, 0) is 18.6 Å². The number of rotatable bonds is 5. The average Bonchev–Trinajstić information content (AvgIpc) is 3.02. The van der Waals surface area contributed by atoms with E-state index in [1.165, 1.54) is 5.56 Å². The largest absolute Gasteiger partial charge is 0.490 e. The molecular formula is C12H16O3. The first-order valence-corrected chi connectivity index (χ1v) is 5.12. The minimum absolute atomic E-state index is 0.293. The van der Waals surface area contributed by atoms with Crippen molar-refractivity contribution >= 4 is 0 Å². The fraction of sp³-hybridized carbons (Fsp3) is 0.500. The first kappa shape index (κ1) is 10.5. The van der Waals surface area contributed by atoms with Gasteiger partial charge in [0.2, 0.25) is 0 Å². The van der Waals surface area contributed by atoms with Crippen molar-refractivity contribution in [1.82, 2.24) is 0 Å². The molecule has 1 atom stereocenters. The van der Waals surface area contributed by atoms with Crippen LogP contribution in [0, 0.1) is 6.92 Å². The normalized spacial score (nSPS) is 18.9. The van der Waals surface area contributed by atoms with E-state index in [0.717, 1.165) is 17.9 Å². The van der Waals surface area contributed by atoms with E-state index in [-0.39, 0.29) is 0 Å². The van der Waals surface area contributed by atoms with Gasteiger partial charge >= 0.3 is 0 Å². The molecule has 1 heterocycles.